The zero-order valence-electron chi connectivity index (χ0n) is 18.1. The molecule has 0 bridgehead atoms. The van der Waals surface area contributed by atoms with Crippen LogP contribution in [0.1, 0.15) is 17.5 Å². The van der Waals surface area contributed by atoms with Crippen molar-refractivity contribution in [3.05, 3.63) is 59.0 Å². The summed E-state index contributed by atoms with van der Waals surface area (Å²) in [5, 5.41) is 16.2. The Hall–Kier alpha value is -3.32. The van der Waals surface area contributed by atoms with Crippen LogP contribution in [0, 0.1) is 0 Å². The molecule has 0 amide bonds. The Balaban J connectivity index is 1.73. The molecule has 35 heavy (non-hydrogen) atoms. The predicted octanol–water partition coefficient (Wildman–Crippen LogP) is 5.71. The first-order valence-corrected chi connectivity index (χ1v) is 10.8. The van der Waals surface area contributed by atoms with Gasteiger partial charge in [-0.3, -0.25) is 0 Å². The van der Waals surface area contributed by atoms with Crippen molar-refractivity contribution in [2.24, 2.45) is 5.10 Å². The molecule has 0 saturated carbocycles. The molecule has 0 saturated heterocycles. The largest absolute Gasteiger partial charge is 0.497 e. The molecule has 186 valence electrons. The normalized spacial score (nSPS) is 18.5. The fraction of sp³-hybridized carbons (Fsp3) is 0.273. The van der Waals surface area contributed by atoms with Crippen LogP contribution in [0.2, 0.25) is 0 Å². The first-order valence-electron chi connectivity index (χ1n) is 9.90. The maximum atomic E-state index is 14.0. The Morgan fingerprint density at radius 2 is 1.69 bits per heavy atom. The highest BCUT2D eigenvalue weighted by molar-refractivity contribution is 7.14. The van der Waals surface area contributed by atoms with Crippen molar-refractivity contribution < 1.29 is 40.9 Å². The number of ether oxygens (including phenoxy) is 2. The number of halogens is 6. The molecule has 0 aliphatic carbocycles. The van der Waals surface area contributed by atoms with E-state index >= 15 is 0 Å². The quantitative estimate of drug-likeness (QED) is 0.439. The Morgan fingerprint density at radius 3 is 2.26 bits per heavy atom. The van der Waals surface area contributed by atoms with Crippen molar-refractivity contribution in [1.82, 2.24) is 4.98 Å². The lowest BCUT2D eigenvalue weighted by Gasteiger charge is -2.32. The van der Waals surface area contributed by atoms with Gasteiger partial charge in [-0.25, -0.2) is 4.98 Å². The van der Waals surface area contributed by atoms with Crippen molar-refractivity contribution in [2.45, 2.75) is 24.5 Å². The third kappa shape index (κ3) is 4.52. The molecule has 1 atom stereocenters. The number of anilines is 1. The fourth-order valence-electron chi connectivity index (χ4n) is 3.48. The van der Waals surface area contributed by atoms with Crippen LogP contribution in [-0.2, 0) is 6.18 Å². The van der Waals surface area contributed by atoms with Crippen molar-refractivity contribution in [2.75, 3.05) is 19.2 Å². The smallest absolute Gasteiger partial charge is 0.438 e. The molecule has 1 aliphatic heterocycles. The molecule has 0 fully saturated rings. The van der Waals surface area contributed by atoms with Crippen LogP contribution in [0.25, 0.3) is 11.3 Å². The summed E-state index contributed by atoms with van der Waals surface area (Å²) in [6.07, 6.45) is -10.6. The lowest BCUT2D eigenvalue weighted by atomic mass is 10.00. The van der Waals surface area contributed by atoms with Crippen LogP contribution in [0.5, 0.6) is 11.5 Å². The van der Waals surface area contributed by atoms with E-state index in [0.717, 1.165) is 23.5 Å². The van der Waals surface area contributed by atoms with E-state index in [-0.39, 0.29) is 33.4 Å². The molecule has 3 aromatic rings. The van der Waals surface area contributed by atoms with Gasteiger partial charge in [0.25, 0.3) is 5.72 Å². The number of alkyl halides is 6. The molecule has 1 N–H and O–H groups in total. The van der Waals surface area contributed by atoms with Gasteiger partial charge in [-0.05, 0) is 24.3 Å². The molecule has 2 heterocycles. The average molecular weight is 517 g/mol. The number of hydrazone groups is 1. The van der Waals surface area contributed by atoms with Crippen LogP contribution >= 0.6 is 11.3 Å². The topological polar surface area (TPSA) is 67.2 Å². The Morgan fingerprint density at radius 1 is 1.00 bits per heavy atom. The average Bonchev–Trinajstić information content (AvgIpc) is 3.43. The van der Waals surface area contributed by atoms with E-state index in [4.69, 9.17) is 9.47 Å². The number of hydrogen-bond acceptors (Lipinski definition) is 7. The standard InChI is InChI=1S/C22H17F6N3O3S/c1-33-14-7-8-15(18(9-14)34-2)16-10-20(32,22(26,27)28)31(30-16)19-29-17(11-35-19)12-3-5-13(6-4-12)21(23,24)25/h3-9,11,32H,10H2,1-2H3. The number of rotatable bonds is 5. The number of nitrogens with zero attached hydrogens (tertiary/aromatic N) is 3. The van der Waals surface area contributed by atoms with Gasteiger partial charge in [0, 0.05) is 22.6 Å². The Bertz CT molecular complexity index is 1260. The van der Waals surface area contributed by atoms with E-state index in [2.05, 4.69) is 10.1 Å². The minimum Gasteiger partial charge on any atom is -0.497 e. The van der Waals surface area contributed by atoms with E-state index in [1.54, 1.807) is 0 Å². The van der Waals surface area contributed by atoms with Crippen LogP contribution in [0.15, 0.2) is 52.9 Å². The molecule has 0 spiro atoms. The van der Waals surface area contributed by atoms with E-state index in [9.17, 15) is 31.4 Å². The van der Waals surface area contributed by atoms with Gasteiger partial charge >= 0.3 is 12.4 Å². The second-order valence-electron chi connectivity index (χ2n) is 7.51. The second kappa shape index (κ2) is 8.72. The summed E-state index contributed by atoms with van der Waals surface area (Å²) in [5.41, 5.74) is -3.76. The van der Waals surface area contributed by atoms with Gasteiger partial charge in [-0.15, -0.1) is 11.3 Å². The SMILES string of the molecule is COc1ccc(C2=NN(c3nc(-c4ccc(C(F)(F)F)cc4)cs3)C(O)(C(F)(F)F)C2)c(OC)c1. The summed E-state index contributed by atoms with van der Waals surface area (Å²) in [5.74, 6) is 0.604. The molecule has 1 aliphatic rings. The van der Waals surface area contributed by atoms with E-state index in [1.807, 2.05) is 0 Å². The molecular weight excluding hydrogens is 500 g/mol. The van der Waals surface area contributed by atoms with Gasteiger partial charge in [0.2, 0.25) is 5.13 Å². The molecular formula is C22H17F6N3O3S. The van der Waals surface area contributed by atoms with Crippen LogP contribution in [0.4, 0.5) is 31.5 Å². The number of benzene rings is 2. The number of hydrogen-bond donors (Lipinski definition) is 1. The lowest BCUT2D eigenvalue weighted by molar-refractivity contribution is -0.254. The zero-order valence-corrected chi connectivity index (χ0v) is 18.9. The number of thiazole rings is 1. The number of aliphatic hydroxyl groups is 1. The van der Waals surface area contributed by atoms with Crippen molar-refractivity contribution in [3.63, 3.8) is 0 Å². The van der Waals surface area contributed by atoms with Gasteiger partial charge in [0.15, 0.2) is 0 Å². The highest BCUT2D eigenvalue weighted by Crippen LogP contribution is 2.46. The number of methoxy groups -OCH3 is 2. The highest BCUT2D eigenvalue weighted by Gasteiger charge is 2.62. The van der Waals surface area contributed by atoms with Crippen LogP contribution in [0.3, 0.4) is 0 Å². The van der Waals surface area contributed by atoms with E-state index in [1.165, 1.54) is 49.9 Å². The summed E-state index contributed by atoms with van der Waals surface area (Å²) in [6.45, 7) is 0. The van der Waals surface area contributed by atoms with Gasteiger partial charge in [-0.1, -0.05) is 12.1 Å². The molecule has 2 aromatic carbocycles. The molecule has 1 aromatic heterocycles. The van der Waals surface area contributed by atoms with Crippen molar-refractivity contribution in [1.29, 1.82) is 0 Å². The van der Waals surface area contributed by atoms with Gasteiger partial charge in [0.1, 0.15) is 11.5 Å². The molecule has 0 radical (unpaired) electrons. The molecule has 13 heteroatoms. The lowest BCUT2D eigenvalue weighted by Crippen LogP contribution is -2.55. The van der Waals surface area contributed by atoms with Crippen LogP contribution in [-0.4, -0.2) is 41.9 Å². The fourth-order valence-corrected chi connectivity index (χ4v) is 4.33. The number of aromatic nitrogens is 1. The minimum absolute atomic E-state index is 0.101. The summed E-state index contributed by atoms with van der Waals surface area (Å²) >= 11 is 0.757. The maximum Gasteiger partial charge on any atom is 0.438 e. The summed E-state index contributed by atoms with van der Waals surface area (Å²) in [4.78, 5) is 4.11. The van der Waals surface area contributed by atoms with Gasteiger partial charge in [-0.2, -0.15) is 36.5 Å². The summed E-state index contributed by atoms with van der Waals surface area (Å²) < 4.78 is 90.8. The Kier molecular flexibility index (Phi) is 6.18. The van der Waals surface area contributed by atoms with Crippen LogP contribution < -0.4 is 14.5 Å². The Labute approximate surface area is 199 Å². The summed E-state index contributed by atoms with van der Waals surface area (Å²) in [7, 11) is 2.75. The third-order valence-corrected chi connectivity index (χ3v) is 6.16. The first kappa shape index (κ1) is 24.8. The predicted molar refractivity (Wildman–Crippen MR) is 117 cm³/mol. The van der Waals surface area contributed by atoms with E-state index < -0.39 is 30.1 Å². The monoisotopic (exact) mass is 517 g/mol. The zero-order chi connectivity index (χ0) is 25.6. The maximum absolute atomic E-state index is 14.0. The third-order valence-electron chi connectivity index (χ3n) is 5.34. The molecule has 6 nitrogen and oxygen atoms in total. The highest BCUT2D eigenvalue weighted by atomic mass is 32.1. The van der Waals surface area contributed by atoms with Gasteiger partial charge < -0.3 is 14.6 Å². The van der Waals surface area contributed by atoms with Crippen molar-refractivity contribution >= 4 is 22.2 Å². The summed E-state index contributed by atoms with van der Waals surface area (Å²) in [6, 6.07) is 8.48. The van der Waals surface area contributed by atoms with Crippen molar-refractivity contribution in [3.8, 4) is 22.8 Å². The van der Waals surface area contributed by atoms with Gasteiger partial charge in [0.05, 0.1) is 37.6 Å². The molecule has 1 unspecified atom stereocenters. The van der Waals surface area contributed by atoms with E-state index in [0.29, 0.717) is 10.8 Å². The first-order chi connectivity index (χ1) is 16.4. The minimum atomic E-state index is -5.11. The second-order valence-corrected chi connectivity index (χ2v) is 8.34. The molecule has 4 rings (SSSR count).